The summed E-state index contributed by atoms with van der Waals surface area (Å²) in [5.41, 5.74) is 1.84. The Morgan fingerprint density at radius 2 is 1.29 bits per heavy atom. The highest BCUT2D eigenvalue weighted by Gasteiger charge is 2.56. The number of hydrogen-bond donors (Lipinski definition) is 0. The maximum absolute atomic E-state index is 13.7. The molecule has 0 nitrogen and oxygen atoms in total. The lowest BCUT2D eigenvalue weighted by molar-refractivity contribution is -0.164. The molecule has 0 heterocycles. The number of allylic oxidation sites excluding steroid dienone is 1. The van der Waals surface area contributed by atoms with Gasteiger partial charge in [0, 0.05) is 11.1 Å². The Kier molecular flexibility index (Phi) is 7.02. The van der Waals surface area contributed by atoms with Crippen LogP contribution in [-0.2, 0) is 5.92 Å². The number of halogens is 6. The van der Waals surface area contributed by atoms with Crippen LogP contribution in [0.1, 0.15) is 68.4 Å². The Morgan fingerprint density at radius 3 is 1.75 bits per heavy atom. The molecule has 0 unspecified atom stereocenters. The number of alkyl halides is 5. The van der Waals surface area contributed by atoms with Crippen LogP contribution in [-0.4, -0.2) is 5.38 Å². The Morgan fingerprint density at radius 1 is 0.786 bits per heavy atom. The summed E-state index contributed by atoms with van der Waals surface area (Å²) in [6, 6.07) is 5.29. The second-order valence-corrected chi connectivity index (χ2v) is 9.03. The molecule has 0 saturated heterocycles. The van der Waals surface area contributed by atoms with Gasteiger partial charge in [-0.15, -0.1) is 0 Å². The molecule has 28 heavy (non-hydrogen) atoms. The van der Waals surface area contributed by atoms with Crippen molar-refractivity contribution >= 4 is 23.2 Å². The Balaban J connectivity index is 1.54. The molecule has 2 aliphatic carbocycles. The lowest BCUT2D eigenvalue weighted by Crippen LogP contribution is -2.32. The SMILES string of the molecule is FC(F)(Cl)C(F)(F)c1ccc(C2CCC(C3CCC(/C=C/Cl)CC3)CC2)cc1. The van der Waals surface area contributed by atoms with Crippen molar-refractivity contribution < 1.29 is 17.6 Å². The summed E-state index contributed by atoms with van der Waals surface area (Å²) in [5.74, 6) is -1.95. The summed E-state index contributed by atoms with van der Waals surface area (Å²) in [6.45, 7) is 0. The molecule has 6 heteroatoms. The van der Waals surface area contributed by atoms with E-state index in [1.165, 1.54) is 25.7 Å². The van der Waals surface area contributed by atoms with Crippen LogP contribution in [0, 0.1) is 17.8 Å². The van der Waals surface area contributed by atoms with Gasteiger partial charge in [0.2, 0.25) is 0 Å². The smallest absolute Gasteiger partial charge is 0.193 e. The van der Waals surface area contributed by atoms with Crippen molar-refractivity contribution in [3.05, 3.63) is 47.0 Å². The van der Waals surface area contributed by atoms with E-state index in [9.17, 15) is 17.6 Å². The van der Waals surface area contributed by atoms with Crippen molar-refractivity contribution in [3.63, 3.8) is 0 Å². The second-order valence-electron chi connectivity index (χ2n) is 8.30. The highest BCUT2D eigenvalue weighted by Crippen LogP contribution is 2.47. The number of rotatable bonds is 5. The molecule has 0 atom stereocenters. The molecule has 0 aromatic heterocycles. The fourth-order valence-electron chi connectivity index (χ4n) is 4.96. The first kappa shape index (κ1) is 22.0. The van der Waals surface area contributed by atoms with Crippen LogP contribution in [0.25, 0.3) is 0 Å². The van der Waals surface area contributed by atoms with Crippen LogP contribution in [0.3, 0.4) is 0 Å². The molecule has 3 rings (SSSR count). The zero-order valence-electron chi connectivity index (χ0n) is 15.7. The molecule has 2 fully saturated rings. The molecule has 0 bridgehead atoms. The Bertz CT molecular complexity index is 650. The second kappa shape index (κ2) is 8.95. The molecule has 0 amide bonds. The van der Waals surface area contributed by atoms with Crippen LogP contribution < -0.4 is 0 Å². The van der Waals surface area contributed by atoms with Gasteiger partial charge in [-0.2, -0.15) is 17.6 Å². The van der Waals surface area contributed by atoms with E-state index in [-0.39, 0.29) is 0 Å². The molecule has 0 N–H and O–H groups in total. The van der Waals surface area contributed by atoms with Gasteiger partial charge in [0.1, 0.15) is 0 Å². The predicted molar refractivity (Wildman–Crippen MR) is 106 cm³/mol. The quantitative estimate of drug-likeness (QED) is 0.320. The highest BCUT2D eigenvalue weighted by molar-refractivity contribution is 6.25. The molecule has 1 aromatic carbocycles. The van der Waals surface area contributed by atoms with Crippen molar-refractivity contribution in [1.29, 1.82) is 0 Å². The Labute approximate surface area is 174 Å². The minimum atomic E-state index is -4.59. The van der Waals surface area contributed by atoms with Gasteiger partial charge in [0.25, 0.3) is 0 Å². The Hall–Kier alpha value is -0.740. The summed E-state index contributed by atoms with van der Waals surface area (Å²) in [6.07, 6.45) is 11.3. The van der Waals surface area contributed by atoms with Gasteiger partial charge < -0.3 is 0 Å². The van der Waals surface area contributed by atoms with Crippen molar-refractivity contribution in [2.24, 2.45) is 17.8 Å². The lowest BCUT2D eigenvalue weighted by Gasteiger charge is -2.37. The van der Waals surface area contributed by atoms with Crippen molar-refractivity contribution in [1.82, 2.24) is 0 Å². The minimum absolute atomic E-state index is 0.311. The van der Waals surface area contributed by atoms with Crippen molar-refractivity contribution in [2.75, 3.05) is 0 Å². The topological polar surface area (TPSA) is 0 Å². The van der Waals surface area contributed by atoms with Gasteiger partial charge in [-0.3, -0.25) is 0 Å². The van der Waals surface area contributed by atoms with Crippen LogP contribution in [0.2, 0.25) is 0 Å². The molecule has 0 aliphatic heterocycles. The van der Waals surface area contributed by atoms with Gasteiger partial charge in [0.05, 0.1) is 0 Å². The van der Waals surface area contributed by atoms with Crippen LogP contribution in [0.5, 0.6) is 0 Å². The zero-order valence-corrected chi connectivity index (χ0v) is 17.2. The normalized spacial score (nSPS) is 29.9. The first-order chi connectivity index (χ1) is 13.2. The third-order valence-corrected chi connectivity index (χ3v) is 7.08. The van der Waals surface area contributed by atoms with Gasteiger partial charge in [-0.05, 0) is 92.2 Å². The van der Waals surface area contributed by atoms with E-state index in [1.807, 2.05) is 0 Å². The van der Waals surface area contributed by atoms with E-state index < -0.39 is 16.9 Å². The van der Waals surface area contributed by atoms with E-state index in [2.05, 4.69) is 17.7 Å². The van der Waals surface area contributed by atoms with Gasteiger partial charge in [0.15, 0.2) is 0 Å². The predicted octanol–water partition coefficient (Wildman–Crippen LogP) is 8.44. The summed E-state index contributed by atoms with van der Waals surface area (Å²) in [4.78, 5) is 0. The molecular formula is C22H26Cl2F4. The zero-order chi connectivity index (χ0) is 20.4. The maximum Gasteiger partial charge on any atom is 0.388 e. The van der Waals surface area contributed by atoms with Crippen molar-refractivity contribution in [3.8, 4) is 0 Å². The van der Waals surface area contributed by atoms with E-state index in [0.29, 0.717) is 11.8 Å². The summed E-state index contributed by atoms with van der Waals surface area (Å²) in [7, 11) is 0. The van der Waals surface area contributed by atoms with Crippen molar-refractivity contribution in [2.45, 2.75) is 68.6 Å². The van der Waals surface area contributed by atoms with E-state index in [1.54, 1.807) is 17.7 Å². The average molecular weight is 437 g/mol. The molecule has 0 spiro atoms. The lowest BCUT2D eigenvalue weighted by atomic mass is 9.68. The largest absolute Gasteiger partial charge is 0.388 e. The van der Waals surface area contributed by atoms with Gasteiger partial charge in [-0.1, -0.05) is 41.9 Å². The first-order valence-electron chi connectivity index (χ1n) is 10.0. The molecule has 156 valence electrons. The van der Waals surface area contributed by atoms with Gasteiger partial charge in [-0.25, -0.2) is 0 Å². The van der Waals surface area contributed by atoms with Gasteiger partial charge >= 0.3 is 11.3 Å². The minimum Gasteiger partial charge on any atom is -0.193 e. The van der Waals surface area contributed by atoms with Crippen LogP contribution >= 0.6 is 23.2 Å². The average Bonchev–Trinajstić information content (AvgIpc) is 2.68. The fourth-order valence-corrected chi connectivity index (χ4v) is 5.28. The summed E-state index contributed by atoms with van der Waals surface area (Å²) in [5, 5.41) is -4.59. The third kappa shape index (κ3) is 4.87. The summed E-state index contributed by atoms with van der Waals surface area (Å²) < 4.78 is 53.2. The number of hydrogen-bond acceptors (Lipinski definition) is 0. The molecule has 2 saturated carbocycles. The number of benzene rings is 1. The molecule has 1 aromatic rings. The maximum atomic E-state index is 13.7. The monoisotopic (exact) mass is 436 g/mol. The molecular weight excluding hydrogens is 411 g/mol. The first-order valence-corrected chi connectivity index (χ1v) is 10.9. The highest BCUT2D eigenvalue weighted by atomic mass is 35.5. The fraction of sp³-hybridized carbons (Fsp3) is 0.636. The van der Waals surface area contributed by atoms with Crippen LogP contribution in [0.4, 0.5) is 17.6 Å². The molecule has 2 aliphatic rings. The standard InChI is InChI=1S/C22H26Cl2F4/c23-14-13-15-1-3-16(4-2-15)17-5-7-18(8-6-17)19-9-11-20(12-10-19)21(25,26)22(24,27)28/h9-18H,1-8H2/b14-13+. The third-order valence-electron chi connectivity index (χ3n) is 6.70. The van der Waals surface area contributed by atoms with E-state index in [0.717, 1.165) is 55.2 Å². The van der Waals surface area contributed by atoms with Crippen LogP contribution in [0.15, 0.2) is 35.9 Å². The van der Waals surface area contributed by atoms with E-state index in [4.69, 9.17) is 11.6 Å². The summed E-state index contributed by atoms with van der Waals surface area (Å²) >= 11 is 10.3. The molecule has 0 radical (unpaired) electrons. The van der Waals surface area contributed by atoms with E-state index >= 15 is 0 Å².